The largest absolute Gasteiger partial charge is 0.402 e. The Hall–Kier alpha value is -0.500. The molecule has 2 rings (SSSR count). The minimum Gasteiger partial charge on any atom is -0.402 e. The van der Waals surface area contributed by atoms with Crippen molar-refractivity contribution < 1.29 is 0 Å². The third kappa shape index (κ3) is 1.48. The van der Waals surface area contributed by atoms with E-state index in [4.69, 9.17) is 5.73 Å². The maximum Gasteiger partial charge on any atom is 0.00455 e. The van der Waals surface area contributed by atoms with Crippen LogP contribution in [-0.4, -0.2) is 13.1 Å². The van der Waals surface area contributed by atoms with E-state index in [-0.39, 0.29) is 0 Å². The number of nitrogens with one attached hydrogen (secondary N) is 1. The highest BCUT2D eigenvalue weighted by Crippen LogP contribution is 2.41. The second-order valence-corrected chi connectivity index (χ2v) is 4.24. The topological polar surface area (TPSA) is 38.0 Å². The van der Waals surface area contributed by atoms with Gasteiger partial charge in [0.1, 0.15) is 0 Å². The Bertz CT molecular complexity index is 190. The Kier molecular flexibility index (Phi) is 2.09. The molecule has 1 saturated heterocycles. The second kappa shape index (κ2) is 3.09. The van der Waals surface area contributed by atoms with Crippen molar-refractivity contribution >= 4 is 0 Å². The number of piperidine rings is 1. The van der Waals surface area contributed by atoms with E-state index < -0.39 is 0 Å². The van der Waals surface area contributed by atoms with E-state index >= 15 is 0 Å². The molecule has 2 nitrogen and oxygen atoms in total. The molecule has 0 atom stereocenters. The van der Waals surface area contributed by atoms with Crippen LogP contribution >= 0.6 is 0 Å². The zero-order chi connectivity index (χ0) is 8.44. The third-order valence-corrected chi connectivity index (χ3v) is 3.32. The first kappa shape index (κ1) is 8.11. The third-order valence-electron chi connectivity index (χ3n) is 3.32. The molecule has 0 radical (unpaired) electrons. The molecule has 1 aliphatic heterocycles. The average molecular weight is 166 g/mol. The quantitative estimate of drug-likeness (QED) is 0.570. The van der Waals surface area contributed by atoms with Gasteiger partial charge in [0.15, 0.2) is 0 Å². The summed E-state index contributed by atoms with van der Waals surface area (Å²) >= 11 is 0. The van der Waals surface area contributed by atoms with E-state index in [2.05, 4.69) is 11.4 Å². The molecular weight excluding hydrogens is 148 g/mol. The van der Waals surface area contributed by atoms with Gasteiger partial charge in [-0.2, -0.15) is 0 Å². The van der Waals surface area contributed by atoms with Gasteiger partial charge in [0.25, 0.3) is 0 Å². The molecule has 1 spiro atoms. The van der Waals surface area contributed by atoms with Crippen molar-refractivity contribution in [3.05, 3.63) is 11.8 Å². The number of nitrogens with two attached hydrogens (primary N) is 1. The molecule has 2 aliphatic rings. The molecule has 2 heteroatoms. The summed E-state index contributed by atoms with van der Waals surface area (Å²) in [5, 5.41) is 3.41. The summed E-state index contributed by atoms with van der Waals surface area (Å²) in [6.07, 6.45) is 8.55. The molecule has 1 fully saturated rings. The number of hydrogen-bond donors (Lipinski definition) is 2. The van der Waals surface area contributed by atoms with Crippen LogP contribution < -0.4 is 11.1 Å². The molecular formula is C10H18N2. The fourth-order valence-corrected chi connectivity index (χ4v) is 2.54. The van der Waals surface area contributed by atoms with Gasteiger partial charge in [0, 0.05) is 5.70 Å². The predicted octanol–water partition coefficient (Wildman–Crippen LogP) is 1.38. The van der Waals surface area contributed by atoms with E-state index in [0.717, 1.165) is 12.1 Å². The summed E-state index contributed by atoms with van der Waals surface area (Å²) in [6, 6.07) is 0. The lowest BCUT2D eigenvalue weighted by Crippen LogP contribution is -2.38. The van der Waals surface area contributed by atoms with Crippen LogP contribution in [0.2, 0.25) is 0 Å². The van der Waals surface area contributed by atoms with E-state index in [0.29, 0.717) is 5.41 Å². The van der Waals surface area contributed by atoms with Crippen LogP contribution in [0.5, 0.6) is 0 Å². The molecule has 1 heterocycles. The molecule has 0 aromatic rings. The number of hydrogen-bond acceptors (Lipinski definition) is 2. The standard InChI is InChI=1S/C10H18N2/c11-9-2-1-3-10(8-9)4-6-12-7-5-10/h2,12H,1,3-8,11H2. The van der Waals surface area contributed by atoms with Crippen LogP contribution in [0.1, 0.15) is 32.1 Å². The average Bonchev–Trinajstić information content (AvgIpc) is 2.05. The first-order valence-electron chi connectivity index (χ1n) is 4.96. The SMILES string of the molecule is NC1=CCCC2(CCNCC2)C1. The van der Waals surface area contributed by atoms with Gasteiger partial charge in [-0.05, 0) is 50.6 Å². The van der Waals surface area contributed by atoms with Crippen LogP contribution in [0, 0.1) is 5.41 Å². The molecule has 0 bridgehead atoms. The summed E-state index contributed by atoms with van der Waals surface area (Å²) in [5.41, 5.74) is 7.58. The van der Waals surface area contributed by atoms with Gasteiger partial charge in [-0.1, -0.05) is 6.08 Å². The summed E-state index contributed by atoms with van der Waals surface area (Å²) < 4.78 is 0. The van der Waals surface area contributed by atoms with Crippen LogP contribution in [0.25, 0.3) is 0 Å². The first-order chi connectivity index (χ1) is 5.81. The maximum absolute atomic E-state index is 5.88. The van der Waals surface area contributed by atoms with Crippen LogP contribution in [0.4, 0.5) is 0 Å². The summed E-state index contributed by atoms with van der Waals surface area (Å²) in [6.45, 7) is 2.38. The van der Waals surface area contributed by atoms with Gasteiger partial charge in [-0.15, -0.1) is 0 Å². The lowest BCUT2D eigenvalue weighted by atomic mass is 9.70. The Labute approximate surface area is 74.2 Å². The molecule has 0 aromatic carbocycles. The van der Waals surface area contributed by atoms with E-state index in [1.165, 1.54) is 38.8 Å². The molecule has 12 heavy (non-hydrogen) atoms. The summed E-state index contributed by atoms with van der Waals surface area (Å²) in [4.78, 5) is 0. The molecule has 1 aliphatic carbocycles. The van der Waals surface area contributed by atoms with Crippen LogP contribution in [0.3, 0.4) is 0 Å². The smallest absolute Gasteiger partial charge is 0.00455 e. The van der Waals surface area contributed by atoms with Gasteiger partial charge >= 0.3 is 0 Å². The van der Waals surface area contributed by atoms with Crippen molar-refractivity contribution in [2.75, 3.05) is 13.1 Å². The molecule has 68 valence electrons. The van der Waals surface area contributed by atoms with Crippen LogP contribution in [-0.2, 0) is 0 Å². The normalized spacial score (nSPS) is 28.5. The van der Waals surface area contributed by atoms with Gasteiger partial charge in [-0.25, -0.2) is 0 Å². The van der Waals surface area contributed by atoms with Crippen LogP contribution in [0.15, 0.2) is 11.8 Å². The molecule has 0 aromatic heterocycles. The fourth-order valence-electron chi connectivity index (χ4n) is 2.54. The molecule has 0 amide bonds. The van der Waals surface area contributed by atoms with E-state index in [1.807, 2.05) is 0 Å². The summed E-state index contributed by atoms with van der Waals surface area (Å²) in [7, 11) is 0. The zero-order valence-corrected chi connectivity index (χ0v) is 7.60. The van der Waals surface area contributed by atoms with E-state index in [9.17, 15) is 0 Å². The highest BCUT2D eigenvalue weighted by molar-refractivity contribution is 5.07. The minimum atomic E-state index is 0.573. The lowest BCUT2D eigenvalue weighted by molar-refractivity contribution is 0.176. The van der Waals surface area contributed by atoms with Crippen molar-refractivity contribution in [2.45, 2.75) is 32.1 Å². The second-order valence-electron chi connectivity index (χ2n) is 4.24. The molecule has 3 N–H and O–H groups in total. The van der Waals surface area contributed by atoms with Crippen molar-refractivity contribution in [2.24, 2.45) is 11.1 Å². The van der Waals surface area contributed by atoms with Crippen molar-refractivity contribution in [1.29, 1.82) is 0 Å². The Balaban J connectivity index is 2.05. The van der Waals surface area contributed by atoms with Gasteiger partial charge in [-0.3, -0.25) is 0 Å². The minimum absolute atomic E-state index is 0.573. The Morgan fingerprint density at radius 3 is 2.67 bits per heavy atom. The Morgan fingerprint density at radius 1 is 1.25 bits per heavy atom. The molecule has 0 saturated carbocycles. The monoisotopic (exact) mass is 166 g/mol. The van der Waals surface area contributed by atoms with Crippen molar-refractivity contribution in [3.63, 3.8) is 0 Å². The highest BCUT2D eigenvalue weighted by Gasteiger charge is 2.33. The van der Waals surface area contributed by atoms with Gasteiger partial charge < -0.3 is 11.1 Å². The fraction of sp³-hybridized carbons (Fsp3) is 0.800. The summed E-state index contributed by atoms with van der Waals surface area (Å²) in [5.74, 6) is 0. The highest BCUT2D eigenvalue weighted by atomic mass is 14.9. The lowest BCUT2D eigenvalue weighted by Gasteiger charge is -2.40. The van der Waals surface area contributed by atoms with E-state index in [1.54, 1.807) is 0 Å². The Morgan fingerprint density at radius 2 is 2.00 bits per heavy atom. The number of rotatable bonds is 0. The van der Waals surface area contributed by atoms with Crippen molar-refractivity contribution in [1.82, 2.24) is 5.32 Å². The number of allylic oxidation sites excluding steroid dienone is 2. The molecule has 0 unspecified atom stereocenters. The first-order valence-corrected chi connectivity index (χ1v) is 4.96. The predicted molar refractivity (Wildman–Crippen MR) is 50.7 cm³/mol. The van der Waals surface area contributed by atoms with Gasteiger partial charge in [0.2, 0.25) is 0 Å². The van der Waals surface area contributed by atoms with Crippen molar-refractivity contribution in [3.8, 4) is 0 Å². The van der Waals surface area contributed by atoms with Gasteiger partial charge in [0.05, 0.1) is 0 Å². The maximum atomic E-state index is 5.88. The zero-order valence-electron chi connectivity index (χ0n) is 7.60.